The zero-order valence-corrected chi connectivity index (χ0v) is 68.3. The van der Waals surface area contributed by atoms with E-state index >= 15 is 0 Å². The van der Waals surface area contributed by atoms with Gasteiger partial charge in [-0.3, -0.25) is 0 Å². The van der Waals surface area contributed by atoms with Crippen LogP contribution in [0.1, 0.15) is 494 Å². The molecule has 0 heteroatoms. The normalized spacial score (nSPS) is 44.0. The number of rotatable bonds is 0. The molecule has 30 aliphatic carbocycles. The van der Waals surface area contributed by atoms with Crippen molar-refractivity contribution in [3.8, 4) is 0 Å². The summed E-state index contributed by atoms with van der Waals surface area (Å²) in [4.78, 5) is 0. The molecule has 0 N–H and O–H groups in total. The predicted molar refractivity (Wildman–Crippen MR) is 439 cm³/mol. The van der Waals surface area contributed by atoms with Gasteiger partial charge in [-0.2, -0.15) is 0 Å². The number of hydrogen-bond acceptors (Lipinski definition) is 0. The molecular weight excluding hydrogens is 1210 g/mol. The number of fused-ring (bicyclic) bond motifs is 31. The summed E-state index contributed by atoms with van der Waals surface area (Å²) in [6.45, 7) is 0. The molecule has 0 saturated heterocycles. The lowest BCUT2D eigenvalue weighted by molar-refractivity contribution is 0.116. The number of hydrogen-bond donors (Lipinski definition) is 0. The lowest BCUT2D eigenvalue weighted by Gasteiger charge is -2.40. The Morgan fingerprint density at radius 2 is 0.139 bits per heavy atom. The second-order valence-corrected chi connectivity index (χ2v) is 43.5. The molecule has 24 bridgehead atoms. The van der Waals surface area contributed by atoms with Gasteiger partial charge in [0.2, 0.25) is 0 Å². The van der Waals surface area contributed by atoms with Crippen LogP contribution in [0.15, 0.2) is 0 Å². The molecule has 30 rings (SSSR count). The molecule has 582 valence electrons. The zero-order chi connectivity index (χ0) is 68.3. The van der Waals surface area contributed by atoms with E-state index in [9.17, 15) is 0 Å². The van der Waals surface area contributed by atoms with Crippen molar-refractivity contribution in [1.82, 2.24) is 0 Å². The lowest BCUT2D eigenvalue weighted by atomic mass is 9.65. The van der Waals surface area contributed by atoms with E-state index in [1.165, 1.54) is 150 Å². The highest BCUT2D eigenvalue weighted by atomic mass is 14.4. The van der Waals surface area contributed by atoms with Gasteiger partial charge in [0.1, 0.15) is 0 Å². The molecule has 30 fully saturated rings. The summed E-state index contributed by atoms with van der Waals surface area (Å²) >= 11 is 0. The van der Waals surface area contributed by atoms with Gasteiger partial charge in [-0.25, -0.2) is 0 Å². The molecule has 6 unspecified atom stereocenters. The van der Waals surface area contributed by atoms with E-state index in [1.54, 1.807) is 392 Å². The van der Waals surface area contributed by atoms with E-state index < -0.39 is 0 Å². The monoisotopic (exact) mass is 1390 g/mol. The lowest BCUT2D eigenvalue weighted by Crippen LogP contribution is -2.28. The zero-order valence-electron chi connectivity index (χ0n) is 68.3. The van der Waals surface area contributed by atoms with Crippen molar-refractivity contribution in [1.29, 1.82) is 0 Å². The van der Waals surface area contributed by atoms with Gasteiger partial charge in [-0.1, -0.05) is 424 Å². The first-order valence-corrected chi connectivity index (χ1v) is 49.9. The Labute approximate surface area is 632 Å². The van der Waals surface area contributed by atoms with Crippen LogP contribution in [0.3, 0.4) is 0 Å². The van der Waals surface area contributed by atoms with Gasteiger partial charge in [-0.05, 0) is 213 Å². The predicted octanol–water partition coefficient (Wildman–Crippen LogP) is 33.0. The maximum Gasteiger partial charge on any atom is -0.0409 e. The fourth-order valence-electron chi connectivity index (χ4n) is 28.8. The fourth-order valence-corrected chi connectivity index (χ4v) is 28.8. The Morgan fingerprint density at radius 3 is 0.307 bits per heavy atom. The third-order valence-electron chi connectivity index (χ3n) is 35.8. The molecule has 0 spiro atoms. The minimum Gasteiger partial charge on any atom is -0.0530 e. The maximum atomic E-state index is 1.58. The van der Waals surface area contributed by atoms with E-state index in [1.807, 2.05) is 0 Å². The highest BCUT2D eigenvalue weighted by Gasteiger charge is 2.37. The van der Waals surface area contributed by atoms with E-state index in [0.717, 1.165) is 94.7 Å². The summed E-state index contributed by atoms with van der Waals surface area (Å²) < 4.78 is 0. The quantitative estimate of drug-likeness (QED) is 0.227. The smallest absolute Gasteiger partial charge is 0.0409 e. The van der Waals surface area contributed by atoms with Crippen LogP contribution in [-0.4, -0.2) is 0 Å². The van der Waals surface area contributed by atoms with Crippen molar-refractivity contribution in [3.63, 3.8) is 0 Å². The van der Waals surface area contributed by atoms with Crippen LogP contribution in [0.25, 0.3) is 0 Å². The van der Waals surface area contributed by atoms with Gasteiger partial charge in [0.15, 0.2) is 0 Å². The highest BCUT2D eigenvalue weighted by molar-refractivity contribution is 4.89. The van der Waals surface area contributed by atoms with Crippen molar-refractivity contribution >= 4 is 0 Å². The first kappa shape index (κ1) is 79.1. The van der Waals surface area contributed by atoms with Crippen LogP contribution in [0.5, 0.6) is 0 Å². The maximum absolute atomic E-state index is 1.58. The molecule has 0 aromatic heterocycles. The van der Waals surface area contributed by atoms with E-state index in [2.05, 4.69) is 0 Å². The Hall–Kier alpha value is 0. The summed E-state index contributed by atoms with van der Waals surface area (Å²) in [5.74, 6) is 27.7. The van der Waals surface area contributed by atoms with Gasteiger partial charge < -0.3 is 0 Å². The Morgan fingerprint density at radius 1 is 0.0594 bits per heavy atom. The van der Waals surface area contributed by atoms with Crippen LogP contribution in [0.4, 0.5) is 0 Å². The third kappa shape index (κ3) is 28.1. The molecule has 0 aliphatic heterocycles. The highest BCUT2D eigenvalue weighted by Crippen LogP contribution is 2.50. The van der Waals surface area contributed by atoms with Gasteiger partial charge >= 0.3 is 0 Å². The van der Waals surface area contributed by atoms with Crippen LogP contribution < -0.4 is 0 Å². The summed E-state index contributed by atoms with van der Waals surface area (Å²) in [5.41, 5.74) is 0. The molecule has 0 aromatic carbocycles. The third-order valence-corrected chi connectivity index (χ3v) is 35.8. The molecule has 0 heterocycles. The van der Waals surface area contributed by atoms with Crippen LogP contribution in [0, 0.1) is 142 Å². The van der Waals surface area contributed by atoms with Crippen molar-refractivity contribution < 1.29 is 0 Å². The topological polar surface area (TPSA) is 0 Å². The molecule has 0 aromatic rings. The van der Waals surface area contributed by atoms with Crippen molar-refractivity contribution in [2.24, 2.45) is 142 Å². The average Bonchev–Trinajstić information content (AvgIpc) is 1.85. The molecule has 0 amide bonds. The van der Waals surface area contributed by atoms with Crippen molar-refractivity contribution in [2.75, 3.05) is 0 Å². The Kier molecular flexibility index (Phi) is 34.6. The van der Waals surface area contributed by atoms with Crippen LogP contribution in [-0.2, 0) is 0 Å². The summed E-state index contributed by atoms with van der Waals surface area (Å²) in [7, 11) is 0. The molecular formula is C101H178. The first-order valence-electron chi connectivity index (χ1n) is 49.9. The van der Waals surface area contributed by atoms with Crippen molar-refractivity contribution in [2.45, 2.75) is 494 Å². The molecule has 0 nitrogen and oxygen atoms in total. The molecule has 30 aliphatic rings. The second-order valence-electron chi connectivity index (χ2n) is 43.5. The summed E-state index contributed by atoms with van der Waals surface area (Å²) in [5, 5.41) is 0. The SMILES string of the molecule is C1CC2CC(C1)C2.C1CC2CC1C2.C1CC2CCC(C1)C2.C1CC2CCC(C1)CC2.C1CC2CCC1C2.C1CC2CCC1CC2.C1CC2CCCC(C1)C2.C1CC2CCCC(C1)CC2.C1CCC2CC(C1)C2.C1CCC2CCC(C1)C2.C1CCC2CCC(C1)CC2.C1CCC2CCCC(C1)C2. The standard InChI is InChI=1S/3C10H18.3C9H16.3C8H14.2C7H12.C6H10/c1-3-9-5-2-6-10(4-1)8-7-9;1-2-5-10-7-3-6-9(4-1)8-10;1-2-4-10-7-5-9(3-1)6-8-10;1-3-8-5-2-6-9(4-1)7-8;1-2-8-4-6-9(3-1)7-5-8;1-2-4-9-6-5-8(3-1)7-9;1-2-8-5-3-7(1)4-6-8;1-2-7-4-5-8(3-1)6-7;1-2-4-8-5-7(3-1)6-8;1-2-7-4-3-6(1)5-7;1-2-6-4-7(3-1)5-6;1-2-6-3-5(1)4-6/h3*9-10H,1-8H2;3*8-9H,1-7H2;3*7-8H,1-6H2;2*6-7H,1-5H2;5-6H,1-4H2. The van der Waals surface area contributed by atoms with Crippen LogP contribution >= 0.6 is 0 Å². The van der Waals surface area contributed by atoms with Crippen molar-refractivity contribution in [3.05, 3.63) is 0 Å². The Bertz CT molecular complexity index is 1880. The molecule has 6 atom stereocenters. The van der Waals surface area contributed by atoms with E-state index in [4.69, 9.17) is 0 Å². The van der Waals surface area contributed by atoms with Gasteiger partial charge in [0.25, 0.3) is 0 Å². The van der Waals surface area contributed by atoms with Gasteiger partial charge in [0.05, 0.1) is 0 Å². The van der Waals surface area contributed by atoms with E-state index in [-0.39, 0.29) is 0 Å². The van der Waals surface area contributed by atoms with Gasteiger partial charge in [-0.15, -0.1) is 0 Å². The largest absolute Gasteiger partial charge is 0.0530 e. The van der Waals surface area contributed by atoms with E-state index in [0.29, 0.717) is 0 Å². The molecule has 0 radical (unpaired) electrons. The minimum atomic E-state index is 1.13. The fraction of sp³-hybridized carbons (Fsp3) is 1.00. The van der Waals surface area contributed by atoms with Gasteiger partial charge in [0, 0.05) is 0 Å². The summed E-state index contributed by atoms with van der Waals surface area (Å²) in [6, 6.07) is 0. The second kappa shape index (κ2) is 44.1. The minimum absolute atomic E-state index is 1.13. The summed E-state index contributed by atoms with van der Waals surface area (Å²) in [6.07, 6.45) is 120. The average molecular weight is 1390 g/mol. The molecule has 101 heavy (non-hydrogen) atoms. The first-order chi connectivity index (χ1) is 49.9. The molecule has 30 saturated carbocycles. The Balaban J connectivity index is 0.0000000987. The van der Waals surface area contributed by atoms with Crippen LogP contribution in [0.2, 0.25) is 0 Å².